The van der Waals surface area contributed by atoms with Crippen molar-refractivity contribution in [1.29, 1.82) is 0 Å². The lowest BCUT2D eigenvalue weighted by atomic mass is 9.96. The first kappa shape index (κ1) is 21.0. The number of fused-ring (bicyclic) bond motifs is 2. The number of aliphatic imine (C=N–C) groups is 1. The van der Waals surface area contributed by atoms with Gasteiger partial charge in [0.1, 0.15) is 5.60 Å². The normalized spacial score (nSPS) is 25.4. The van der Waals surface area contributed by atoms with Gasteiger partial charge in [-0.2, -0.15) is 0 Å². The quantitative estimate of drug-likeness (QED) is 0.283. The van der Waals surface area contributed by atoms with E-state index in [1.807, 2.05) is 20.8 Å². The van der Waals surface area contributed by atoms with Crippen molar-refractivity contribution in [2.45, 2.75) is 103 Å². The lowest BCUT2D eigenvalue weighted by Crippen LogP contribution is -2.47. The largest absolute Gasteiger partial charge is 0.460 e. The molecule has 150 valence electrons. The Morgan fingerprint density at radius 3 is 2.58 bits per heavy atom. The second-order valence-corrected chi connectivity index (χ2v) is 8.37. The maximum Gasteiger partial charge on any atom is 0.306 e. The summed E-state index contributed by atoms with van der Waals surface area (Å²) in [6, 6.07) is 0.403. The van der Waals surface area contributed by atoms with Crippen LogP contribution in [-0.2, 0) is 14.3 Å². The third-order valence-electron chi connectivity index (χ3n) is 4.75. The molecule has 0 aromatic heterocycles. The fourth-order valence-electron chi connectivity index (χ4n) is 3.60. The molecule has 0 saturated carbocycles. The zero-order valence-corrected chi connectivity index (χ0v) is 17.0. The summed E-state index contributed by atoms with van der Waals surface area (Å²) in [5.74, 6) is 0.810. The van der Waals surface area contributed by atoms with Crippen molar-refractivity contribution in [1.82, 2.24) is 10.6 Å². The Bertz CT molecular complexity index is 473. The Morgan fingerprint density at radius 1 is 1.19 bits per heavy atom. The van der Waals surface area contributed by atoms with E-state index in [2.05, 4.69) is 22.5 Å². The van der Waals surface area contributed by atoms with Crippen molar-refractivity contribution in [3.05, 3.63) is 0 Å². The lowest BCUT2D eigenvalue weighted by molar-refractivity contribution is -0.154. The summed E-state index contributed by atoms with van der Waals surface area (Å²) in [7, 11) is 0. The molecule has 2 aliphatic rings. The van der Waals surface area contributed by atoms with Crippen molar-refractivity contribution in [3.8, 4) is 0 Å². The minimum Gasteiger partial charge on any atom is -0.460 e. The highest BCUT2D eigenvalue weighted by atomic mass is 16.6. The molecule has 2 aliphatic heterocycles. The van der Waals surface area contributed by atoms with Crippen molar-refractivity contribution >= 4 is 11.9 Å². The second kappa shape index (κ2) is 10.1. The Hall–Kier alpha value is -1.30. The first-order valence-corrected chi connectivity index (χ1v) is 10.3. The van der Waals surface area contributed by atoms with Gasteiger partial charge in [-0.05, 0) is 59.8 Å². The summed E-state index contributed by atoms with van der Waals surface area (Å²) >= 11 is 0. The molecule has 2 saturated heterocycles. The van der Waals surface area contributed by atoms with Gasteiger partial charge in [-0.25, -0.2) is 0 Å². The number of nitrogens with one attached hydrogen (secondary N) is 2. The van der Waals surface area contributed by atoms with E-state index < -0.39 is 0 Å². The number of guanidine groups is 1. The number of ether oxygens (including phenoxy) is 2. The number of carbonyl (C=O) groups excluding carboxylic acids is 1. The first-order valence-electron chi connectivity index (χ1n) is 10.3. The molecule has 2 N–H and O–H groups in total. The van der Waals surface area contributed by atoms with E-state index >= 15 is 0 Å². The molecule has 3 atom stereocenters. The van der Waals surface area contributed by atoms with Crippen LogP contribution >= 0.6 is 0 Å². The Labute approximate surface area is 158 Å². The second-order valence-electron chi connectivity index (χ2n) is 8.37. The lowest BCUT2D eigenvalue weighted by Gasteiger charge is -2.22. The number of carbonyl (C=O) groups is 1. The summed E-state index contributed by atoms with van der Waals surface area (Å²) in [5, 5.41) is 6.87. The van der Waals surface area contributed by atoms with Crippen molar-refractivity contribution < 1.29 is 14.3 Å². The molecule has 6 nitrogen and oxygen atoms in total. The predicted molar refractivity (Wildman–Crippen MR) is 104 cm³/mol. The van der Waals surface area contributed by atoms with Gasteiger partial charge in [0, 0.05) is 19.5 Å². The molecular formula is C20H37N3O3. The van der Waals surface area contributed by atoms with Gasteiger partial charge in [0.05, 0.1) is 18.2 Å². The smallest absolute Gasteiger partial charge is 0.306 e. The van der Waals surface area contributed by atoms with E-state index in [0.717, 1.165) is 51.2 Å². The standard InChI is InChI=1S/C20H37N3O3/c1-5-21-19(23-16-14-15-11-12-17(16)25-15)22-13-9-7-6-8-10-18(24)26-20(2,3)4/h15-17H,5-14H2,1-4H3,(H2,21,22,23). The summed E-state index contributed by atoms with van der Waals surface area (Å²) in [5.41, 5.74) is -0.384. The predicted octanol–water partition coefficient (Wildman–Crippen LogP) is 3.15. The van der Waals surface area contributed by atoms with Crippen molar-refractivity contribution in [2.24, 2.45) is 4.99 Å². The molecule has 0 aliphatic carbocycles. The average molecular weight is 368 g/mol. The van der Waals surface area contributed by atoms with Crippen LogP contribution in [0.5, 0.6) is 0 Å². The molecule has 26 heavy (non-hydrogen) atoms. The zero-order valence-electron chi connectivity index (χ0n) is 17.0. The number of nitrogens with zero attached hydrogens (tertiary/aromatic N) is 1. The van der Waals surface area contributed by atoms with Gasteiger partial charge < -0.3 is 20.1 Å². The monoisotopic (exact) mass is 367 g/mol. The molecule has 6 heteroatoms. The highest BCUT2D eigenvalue weighted by Crippen LogP contribution is 2.34. The van der Waals surface area contributed by atoms with Gasteiger partial charge in [-0.1, -0.05) is 12.8 Å². The molecule has 2 fully saturated rings. The van der Waals surface area contributed by atoms with Crippen LogP contribution in [0.15, 0.2) is 4.99 Å². The topological polar surface area (TPSA) is 72.0 Å². The third kappa shape index (κ3) is 7.52. The summed E-state index contributed by atoms with van der Waals surface area (Å²) < 4.78 is 11.2. The molecule has 0 amide bonds. The van der Waals surface area contributed by atoms with Crippen LogP contribution in [0.3, 0.4) is 0 Å². The van der Waals surface area contributed by atoms with Gasteiger partial charge in [-0.3, -0.25) is 9.79 Å². The molecule has 0 spiro atoms. The van der Waals surface area contributed by atoms with Gasteiger partial charge >= 0.3 is 5.97 Å². The molecule has 2 rings (SSSR count). The molecule has 0 aromatic carbocycles. The van der Waals surface area contributed by atoms with Gasteiger partial charge in [0.25, 0.3) is 0 Å². The van der Waals surface area contributed by atoms with E-state index in [1.165, 1.54) is 12.8 Å². The van der Waals surface area contributed by atoms with Crippen LogP contribution in [0.4, 0.5) is 0 Å². The number of unbranched alkanes of at least 4 members (excludes halogenated alkanes) is 3. The molecule has 2 heterocycles. The number of esters is 1. The Kier molecular flexibility index (Phi) is 8.19. The van der Waals surface area contributed by atoms with Crippen LogP contribution in [0, 0.1) is 0 Å². The number of rotatable bonds is 9. The van der Waals surface area contributed by atoms with Crippen LogP contribution in [0.1, 0.15) is 79.1 Å². The zero-order chi connectivity index (χ0) is 19.0. The molecular weight excluding hydrogens is 330 g/mol. The van der Waals surface area contributed by atoms with Crippen molar-refractivity contribution in [3.63, 3.8) is 0 Å². The van der Waals surface area contributed by atoms with Gasteiger partial charge in [0.15, 0.2) is 5.96 Å². The fraction of sp³-hybridized carbons (Fsp3) is 0.900. The molecule has 2 bridgehead atoms. The van der Waals surface area contributed by atoms with Crippen molar-refractivity contribution in [2.75, 3.05) is 13.1 Å². The Balaban J connectivity index is 1.57. The SMILES string of the molecule is CCNC(=NCCCCCCC(=O)OC(C)(C)C)NC1CC2CCC1O2. The highest BCUT2D eigenvalue weighted by molar-refractivity contribution is 5.80. The highest BCUT2D eigenvalue weighted by Gasteiger charge is 2.41. The molecule has 0 aromatic rings. The number of hydrogen-bond acceptors (Lipinski definition) is 4. The van der Waals surface area contributed by atoms with E-state index in [-0.39, 0.29) is 11.6 Å². The van der Waals surface area contributed by atoms with Crippen LogP contribution in [0.2, 0.25) is 0 Å². The van der Waals surface area contributed by atoms with Crippen LogP contribution in [-0.4, -0.2) is 48.9 Å². The van der Waals surface area contributed by atoms with E-state index in [9.17, 15) is 4.79 Å². The fourth-order valence-corrected chi connectivity index (χ4v) is 3.60. The molecule has 0 radical (unpaired) electrons. The minimum absolute atomic E-state index is 0.0952. The van der Waals surface area contributed by atoms with Crippen LogP contribution < -0.4 is 10.6 Å². The maximum absolute atomic E-state index is 11.7. The maximum atomic E-state index is 11.7. The van der Waals surface area contributed by atoms with E-state index in [1.54, 1.807) is 0 Å². The summed E-state index contributed by atoms with van der Waals surface area (Å²) in [4.78, 5) is 16.3. The van der Waals surface area contributed by atoms with Gasteiger partial charge in [0.2, 0.25) is 0 Å². The Morgan fingerprint density at radius 2 is 1.96 bits per heavy atom. The summed E-state index contributed by atoms with van der Waals surface area (Å²) in [6.45, 7) is 9.48. The van der Waals surface area contributed by atoms with E-state index in [4.69, 9.17) is 9.47 Å². The third-order valence-corrected chi connectivity index (χ3v) is 4.75. The van der Waals surface area contributed by atoms with Gasteiger partial charge in [-0.15, -0.1) is 0 Å². The summed E-state index contributed by atoms with van der Waals surface area (Å²) in [6.07, 6.45) is 8.84. The van der Waals surface area contributed by atoms with E-state index in [0.29, 0.717) is 24.7 Å². The average Bonchev–Trinajstić information content (AvgIpc) is 3.15. The molecule has 3 unspecified atom stereocenters. The first-order chi connectivity index (χ1) is 12.4. The van der Waals surface area contributed by atoms with Crippen LogP contribution in [0.25, 0.3) is 0 Å². The number of hydrogen-bond donors (Lipinski definition) is 2. The minimum atomic E-state index is -0.384.